The molecule has 0 radical (unpaired) electrons. The molecule has 100 valence electrons. The maximum absolute atomic E-state index is 13.1. The summed E-state index contributed by atoms with van der Waals surface area (Å²) in [6.07, 6.45) is 1.50. The molecule has 1 aromatic carbocycles. The number of rotatable bonds is 2. The Morgan fingerprint density at radius 3 is 2.21 bits per heavy atom. The van der Waals surface area contributed by atoms with Crippen LogP contribution in [0.4, 0.5) is 13.2 Å². The van der Waals surface area contributed by atoms with Gasteiger partial charge in [-0.25, -0.2) is 23.1 Å². The molecule has 2 N–H and O–H groups in total. The molecule has 19 heavy (non-hydrogen) atoms. The van der Waals surface area contributed by atoms with Gasteiger partial charge in [0.15, 0.2) is 23.3 Å². The van der Waals surface area contributed by atoms with Gasteiger partial charge in [0.1, 0.15) is 0 Å². The van der Waals surface area contributed by atoms with Crippen LogP contribution < -0.4 is 5.73 Å². The number of nitrogens with zero attached hydrogens (tertiary/aromatic N) is 2. The lowest BCUT2D eigenvalue weighted by Crippen LogP contribution is -2.09. The van der Waals surface area contributed by atoms with Crippen molar-refractivity contribution in [1.82, 2.24) is 9.97 Å². The highest BCUT2D eigenvalue weighted by molar-refractivity contribution is 5.55. The molecular weight excluding hydrogens is 255 g/mol. The smallest absolute Gasteiger partial charge is 0.194 e. The molecule has 0 spiro atoms. The predicted octanol–water partition coefficient (Wildman–Crippen LogP) is 2.89. The largest absolute Gasteiger partial charge is 0.324 e. The van der Waals surface area contributed by atoms with Crippen LogP contribution in [0.1, 0.15) is 24.2 Å². The highest BCUT2D eigenvalue weighted by Crippen LogP contribution is 2.22. The average Bonchev–Trinajstić information content (AvgIpc) is 2.34. The monoisotopic (exact) mass is 267 g/mol. The molecule has 2 rings (SSSR count). The fraction of sp³-hybridized carbons (Fsp3) is 0.231. The quantitative estimate of drug-likeness (QED) is 0.851. The van der Waals surface area contributed by atoms with E-state index in [1.807, 2.05) is 0 Å². The molecule has 0 aliphatic rings. The van der Waals surface area contributed by atoms with Crippen LogP contribution in [0.3, 0.4) is 0 Å². The van der Waals surface area contributed by atoms with Crippen LogP contribution in [0.15, 0.2) is 18.3 Å². The van der Waals surface area contributed by atoms with Crippen molar-refractivity contribution in [3.63, 3.8) is 0 Å². The fourth-order valence-electron chi connectivity index (χ4n) is 1.75. The normalized spacial score (nSPS) is 12.5. The van der Waals surface area contributed by atoms with E-state index in [9.17, 15) is 13.2 Å². The predicted molar refractivity (Wildman–Crippen MR) is 64.7 cm³/mol. The first-order valence-corrected chi connectivity index (χ1v) is 5.64. The minimum atomic E-state index is -1.51. The van der Waals surface area contributed by atoms with Crippen LogP contribution in [0.5, 0.6) is 0 Å². The summed E-state index contributed by atoms with van der Waals surface area (Å²) in [4.78, 5) is 8.13. The number of hydrogen-bond donors (Lipinski definition) is 1. The molecule has 0 saturated carbocycles. The van der Waals surface area contributed by atoms with Crippen LogP contribution >= 0.6 is 0 Å². The number of aryl methyl sites for hydroxylation is 1. The van der Waals surface area contributed by atoms with E-state index in [0.717, 1.165) is 17.7 Å². The van der Waals surface area contributed by atoms with E-state index in [1.54, 1.807) is 13.8 Å². The van der Waals surface area contributed by atoms with E-state index in [1.165, 1.54) is 6.20 Å². The SMILES string of the molecule is Cc1nc(-c2cc(F)c(F)c(F)c2)ncc1[C@@H](C)N. The van der Waals surface area contributed by atoms with Gasteiger partial charge in [-0.05, 0) is 26.0 Å². The Bertz CT molecular complexity index is 604. The standard InChI is InChI=1S/C13H12F3N3/c1-6(17)9-5-18-13(19-7(9)2)8-3-10(14)12(16)11(15)4-8/h3-6H,17H2,1-2H3/t6-/m1/s1. The molecule has 3 nitrogen and oxygen atoms in total. The van der Waals surface area contributed by atoms with Gasteiger partial charge in [-0.3, -0.25) is 0 Å². The van der Waals surface area contributed by atoms with Crippen molar-refractivity contribution in [1.29, 1.82) is 0 Å². The summed E-state index contributed by atoms with van der Waals surface area (Å²) >= 11 is 0. The summed E-state index contributed by atoms with van der Waals surface area (Å²) in [6.45, 7) is 3.50. The van der Waals surface area contributed by atoms with Crippen molar-refractivity contribution in [2.75, 3.05) is 0 Å². The van der Waals surface area contributed by atoms with Crippen molar-refractivity contribution in [3.05, 3.63) is 47.0 Å². The molecule has 1 aromatic heterocycles. The van der Waals surface area contributed by atoms with Gasteiger partial charge in [0, 0.05) is 29.1 Å². The Kier molecular flexibility index (Phi) is 3.53. The lowest BCUT2D eigenvalue weighted by atomic mass is 10.1. The molecule has 0 unspecified atom stereocenters. The maximum atomic E-state index is 13.1. The lowest BCUT2D eigenvalue weighted by molar-refractivity contribution is 0.447. The molecule has 0 aliphatic heterocycles. The van der Waals surface area contributed by atoms with Gasteiger partial charge >= 0.3 is 0 Å². The lowest BCUT2D eigenvalue weighted by Gasteiger charge is -2.10. The summed E-state index contributed by atoms with van der Waals surface area (Å²) in [5, 5.41) is 0. The molecule has 0 saturated heterocycles. The van der Waals surface area contributed by atoms with Gasteiger partial charge in [-0.2, -0.15) is 0 Å². The van der Waals surface area contributed by atoms with Crippen LogP contribution in [-0.2, 0) is 0 Å². The Morgan fingerprint density at radius 2 is 1.74 bits per heavy atom. The number of nitrogens with two attached hydrogens (primary N) is 1. The second-order valence-electron chi connectivity index (χ2n) is 4.28. The zero-order valence-electron chi connectivity index (χ0n) is 10.4. The second kappa shape index (κ2) is 4.97. The highest BCUT2D eigenvalue weighted by Gasteiger charge is 2.14. The number of aromatic nitrogens is 2. The van der Waals surface area contributed by atoms with E-state index in [2.05, 4.69) is 9.97 Å². The second-order valence-corrected chi connectivity index (χ2v) is 4.28. The number of halogens is 3. The van der Waals surface area contributed by atoms with E-state index < -0.39 is 17.5 Å². The number of benzene rings is 1. The van der Waals surface area contributed by atoms with Crippen molar-refractivity contribution in [2.24, 2.45) is 5.73 Å². The van der Waals surface area contributed by atoms with E-state index >= 15 is 0 Å². The van der Waals surface area contributed by atoms with Crippen molar-refractivity contribution in [2.45, 2.75) is 19.9 Å². The van der Waals surface area contributed by atoms with Gasteiger partial charge in [0.2, 0.25) is 0 Å². The first-order chi connectivity index (χ1) is 8.90. The summed E-state index contributed by atoms with van der Waals surface area (Å²) in [5.74, 6) is -3.92. The van der Waals surface area contributed by atoms with E-state index in [0.29, 0.717) is 5.69 Å². The fourth-order valence-corrected chi connectivity index (χ4v) is 1.75. The summed E-state index contributed by atoms with van der Waals surface area (Å²) in [5.41, 5.74) is 7.16. The molecule has 1 heterocycles. The van der Waals surface area contributed by atoms with Crippen LogP contribution in [0.25, 0.3) is 11.4 Å². The third-order valence-electron chi connectivity index (χ3n) is 2.75. The molecule has 1 atom stereocenters. The van der Waals surface area contributed by atoms with Gasteiger partial charge < -0.3 is 5.73 Å². The highest BCUT2D eigenvalue weighted by atomic mass is 19.2. The molecular formula is C13H12F3N3. The Balaban J connectivity index is 2.51. The first kappa shape index (κ1) is 13.5. The van der Waals surface area contributed by atoms with Gasteiger partial charge in [-0.15, -0.1) is 0 Å². The van der Waals surface area contributed by atoms with Crippen molar-refractivity contribution in [3.8, 4) is 11.4 Å². The third-order valence-corrected chi connectivity index (χ3v) is 2.75. The van der Waals surface area contributed by atoms with Crippen molar-refractivity contribution >= 4 is 0 Å². The van der Waals surface area contributed by atoms with E-state index in [4.69, 9.17) is 5.73 Å². The van der Waals surface area contributed by atoms with Crippen LogP contribution in [0.2, 0.25) is 0 Å². The Labute approximate surface area is 108 Å². The molecule has 6 heteroatoms. The van der Waals surface area contributed by atoms with Crippen LogP contribution in [0, 0.1) is 24.4 Å². The topological polar surface area (TPSA) is 51.8 Å². The molecule has 0 amide bonds. The molecule has 0 fully saturated rings. The Morgan fingerprint density at radius 1 is 1.16 bits per heavy atom. The summed E-state index contributed by atoms with van der Waals surface area (Å²) < 4.78 is 39.2. The molecule has 0 bridgehead atoms. The minimum absolute atomic E-state index is 0.0794. The zero-order chi connectivity index (χ0) is 14.2. The average molecular weight is 267 g/mol. The minimum Gasteiger partial charge on any atom is -0.324 e. The van der Waals surface area contributed by atoms with Crippen molar-refractivity contribution < 1.29 is 13.2 Å². The third kappa shape index (κ3) is 2.58. The number of hydrogen-bond acceptors (Lipinski definition) is 3. The molecule has 0 aliphatic carbocycles. The first-order valence-electron chi connectivity index (χ1n) is 5.64. The van der Waals surface area contributed by atoms with Gasteiger partial charge in [0.25, 0.3) is 0 Å². The summed E-state index contributed by atoms with van der Waals surface area (Å²) in [7, 11) is 0. The van der Waals surface area contributed by atoms with Gasteiger partial charge in [-0.1, -0.05) is 0 Å². The molecule has 2 aromatic rings. The van der Waals surface area contributed by atoms with Gasteiger partial charge in [0.05, 0.1) is 0 Å². The summed E-state index contributed by atoms with van der Waals surface area (Å²) in [6, 6.07) is 1.48. The Hall–Kier alpha value is -1.95. The van der Waals surface area contributed by atoms with Crippen LogP contribution in [-0.4, -0.2) is 9.97 Å². The van der Waals surface area contributed by atoms with E-state index in [-0.39, 0.29) is 17.4 Å². The maximum Gasteiger partial charge on any atom is 0.194 e. The zero-order valence-corrected chi connectivity index (χ0v) is 10.4.